The molecule has 0 aliphatic carbocycles. The maximum absolute atomic E-state index is 13.9. The number of fused-ring (bicyclic) bond motifs is 1. The zero-order valence-corrected chi connectivity index (χ0v) is 20.7. The first-order chi connectivity index (χ1) is 17.9. The summed E-state index contributed by atoms with van der Waals surface area (Å²) in [7, 11) is 3.63. The first-order valence-corrected chi connectivity index (χ1v) is 12.1. The lowest BCUT2D eigenvalue weighted by Gasteiger charge is -2.34. The molecule has 5 rings (SSSR count). The first-order valence-electron chi connectivity index (χ1n) is 12.1. The highest BCUT2D eigenvalue weighted by Crippen LogP contribution is 2.32. The van der Waals surface area contributed by atoms with Crippen molar-refractivity contribution in [3.8, 4) is 17.4 Å². The number of benzene rings is 2. The van der Waals surface area contributed by atoms with Crippen LogP contribution in [0, 0.1) is 11.6 Å². The molecule has 0 radical (unpaired) electrons. The van der Waals surface area contributed by atoms with E-state index in [0.717, 1.165) is 44.0 Å². The van der Waals surface area contributed by atoms with Gasteiger partial charge in [-0.25, -0.2) is 18.6 Å². The number of likely N-dealkylation sites (N-methyl/N-ethyl adjacent to an activating group) is 1. The number of nitrogens with zero attached hydrogens (tertiary/aromatic N) is 5. The maximum Gasteiger partial charge on any atom is 0.322 e. The van der Waals surface area contributed by atoms with Crippen LogP contribution in [-0.4, -0.2) is 72.7 Å². The van der Waals surface area contributed by atoms with E-state index in [-0.39, 0.29) is 24.2 Å². The molecule has 2 aliphatic heterocycles. The van der Waals surface area contributed by atoms with Crippen LogP contribution in [0.3, 0.4) is 0 Å². The number of rotatable bonds is 5. The van der Waals surface area contributed by atoms with Gasteiger partial charge in [0.15, 0.2) is 11.6 Å². The second kappa shape index (κ2) is 10.6. The number of urea groups is 1. The molecule has 1 saturated heterocycles. The van der Waals surface area contributed by atoms with Gasteiger partial charge in [-0.3, -0.25) is 0 Å². The Labute approximate surface area is 213 Å². The third-order valence-electron chi connectivity index (χ3n) is 6.51. The van der Waals surface area contributed by atoms with Crippen LogP contribution in [0.1, 0.15) is 11.3 Å². The minimum Gasteiger partial charge on any atom is -0.497 e. The molecule has 0 bridgehead atoms. The van der Waals surface area contributed by atoms with E-state index < -0.39 is 11.6 Å². The zero-order chi connectivity index (χ0) is 25.9. The van der Waals surface area contributed by atoms with E-state index in [1.807, 2.05) is 0 Å². The highest BCUT2D eigenvalue weighted by atomic mass is 19.2. The Balaban J connectivity index is 1.42. The molecule has 1 aromatic heterocycles. The number of aromatic nitrogens is 2. The van der Waals surface area contributed by atoms with Crippen LogP contribution >= 0.6 is 0 Å². The molecule has 0 saturated carbocycles. The summed E-state index contributed by atoms with van der Waals surface area (Å²) in [6.45, 7) is 3.92. The van der Waals surface area contributed by atoms with Gasteiger partial charge in [0.05, 0.1) is 24.9 Å². The van der Waals surface area contributed by atoms with Crippen molar-refractivity contribution in [2.75, 3.05) is 57.1 Å². The van der Waals surface area contributed by atoms with Gasteiger partial charge < -0.3 is 29.5 Å². The molecule has 2 amide bonds. The number of hydrogen-bond acceptors (Lipinski definition) is 7. The van der Waals surface area contributed by atoms with Gasteiger partial charge in [-0.2, -0.15) is 4.98 Å². The van der Waals surface area contributed by atoms with Crippen LogP contribution in [0.5, 0.6) is 17.4 Å². The molecule has 37 heavy (non-hydrogen) atoms. The second-order valence-corrected chi connectivity index (χ2v) is 9.06. The molecule has 0 spiro atoms. The number of methoxy groups -OCH3 is 1. The van der Waals surface area contributed by atoms with Gasteiger partial charge in [0.1, 0.15) is 11.5 Å². The summed E-state index contributed by atoms with van der Waals surface area (Å²) in [5, 5.41) is 2.89. The number of halogens is 2. The Morgan fingerprint density at radius 2 is 1.78 bits per heavy atom. The number of carbonyl (C=O) groups excluding carboxylic acids is 1. The fourth-order valence-electron chi connectivity index (χ4n) is 4.33. The number of ether oxygens (including phenoxy) is 2. The first kappa shape index (κ1) is 24.7. The predicted octanol–water partition coefficient (Wildman–Crippen LogP) is 3.90. The molecule has 1 N–H and O–H groups in total. The Morgan fingerprint density at radius 1 is 0.973 bits per heavy atom. The van der Waals surface area contributed by atoms with E-state index >= 15 is 0 Å². The van der Waals surface area contributed by atoms with E-state index in [2.05, 4.69) is 27.1 Å². The van der Waals surface area contributed by atoms with Crippen molar-refractivity contribution in [2.24, 2.45) is 0 Å². The summed E-state index contributed by atoms with van der Waals surface area (Å²) in [5.41, 5.74) is 2.01. The second-order valence-electron chi connectivity index (χ2n) is 9.06. The molecule has 2 aromatic carbocycles. The predicted molar refractivity (Wildman–Crippen MR) is 134 cm³/mol. The average molecular weight is 511 g/mol. The van der Waals surface area contributed by atoms with Gasteiger partial charge in [-0.15, -0.1) is 0 Å². The molecule has 3 aromatic rings. The average Bonchev–Trinajstić information content (AvgIpc) is 2.91. The smallest absolute Gasteiger partial charge is 0.322 e. The van der Waals surface area contributed by atoms with E-state index in [1.165, 1.54) is 6.07 Å². The minimum atomic E-state index is -1.01. The van der Waals surface area contributed by atoms with Gasteiger partial charge in [0.25, 0.3) is 0 Å². The lowest BCUT2D eigenvalue weighted by atomic mass is 10.1. The summed E-state index contributed by atoms with van der Waals surface area (Å²) < 4.78 is 38.6. The summed E-state index contributed by atoms with van der Waals surface area (Å²) in [6.07, 6.45) is 0.498. The van der Waals surface area contributed by atoms with Gasteiger partial charge in [0.2, 0.25) is 11.8 Å². The number of anilines is 2. The number of nitrogens with one attached hydrogen (secondary N) is 1. The van der Waals surface area contributed by atoms with Crippen molar-refractivity contribution < 1.29 is 23.0 Å². The van der Waals surface area contributed by atoms with Gasteiger partial charge in [-0.1, -0.05) is 6.07 Å². The van der Waals surface area contributed by atoms with Crippen molar-refractivity contribution >= 4 is 17.7 Å². The standard InChI is InChI=1S/C26H28F2N6O3/c1-32-10-12-33(13-11-32)25-30-23-8-9-34(26(35)29-17-4-3-5-18(14-17)36-2)16-20(23)24(31-25)37-19-6-7-21(27)22(28)15-19/h3-7,14-15H,8-13,16H2,1-2H3,(H,29,35). The third-order valence-corrected chi connectivity index (χ3v) is 6.51. The molecule has 9 nitrogen and oxygen atoms in total. The van der Waals surface area contributed by atoms with Crippen LogP contribution < -0.4 is 19.7 Å². The lowest BCUT2D eigenvalue weighted by molar-refractivity contribution is 0.205. The Bertz CT molecular complexity index is 1300. The quantitative estimate of drug-likeness (QED) is 0.558. The highest BCUT2D eigenvalue weighted by Gasteiger charge is 2.29. The fraction of sp³-hybridized carbons (Fsp3) is 0.346. The van der Waals surface area contributed by atoms with Gasteiger partial charge >= 0.3 is 6.03 Å². The van der Waals surface area contributed by atoms with Crippen molar-refractivity contribution in [2.45, 2.75) is 13.0 Å². The van der Waals surface area contributed by atoms with E-state index in [9.17, 15) is 13.6 Å². The Hall–Kier alpha value is -3.99. The maximum atomic E-state index is 13.9. The number of amides is 2. The monoisotopic (exact) mass is 510 g/mol. The third kappa shape index (κ3) is 5.56. The zero-order valence-electron chi connectivity index (χ0n) is 20.7. The molecule has 11 heteroatoms. The van der Waals surface area contributed by atoms with Crippen LogP contribution in [0.2, 0.25) is 0 Å². The van der Waals surface area contributed by atoms with E-state index in [0.29, 0.717) is 35.9 Å². The van der Waals surface area contributed by atoms with E-state index in [4.69, 9.17) is 14.5 Å². The number of hydrogen-bond donors (Lipinski definition) is 1. The minimum absolute atomic E-state index is 0.113. The normalized spacial score (nSPS) is 15.8. The summed E-state index contributed by atoms with van der Waals surface area (Å²) in [6, 6.07) is 10.1. The Kier molecular flexibility index (Phi) is 7.04. The molecule has 3 heterocycles. The highest BCUT2D eigenvalue weighted by molar-refractivity contribution is 5.89. The van der Waals surface area contributed by atoms with Crippen LogP contribution in [0.15, 0.2) is 42.5 Å². The van der Waals surface area contributed by atoms with E-state index in [1.54, 1.807) is 36.3 Å². The molecule has 0 atom stereocenters. The molecule has 2 aliphatic rings. The van der Waals surface area contributed by atoms with Crippen LogP contribution in [-0.2, 0) is 13.0 Å². The van der Waals surface area contributed by atoms with Gasteiger partial charge in [-0.05, 0) is 31.3 Å². The van der Waals surface area contributed by atoms with Crippen molar-refractivity contribution in [3.05, 3.63) is 65.4 Å². The van der Waals surface area contributed by atoms with Crippen LogP contribution in [0.25, 0.3) is 0 Å². The summed E-state index contributed by atoms with van der Waals surface area (Å²) in [4.78, 5) is 28.5. The number of piperazine rings is 1. The Morgan fingerprint density at radius 3 is 2.54 bits per heavy atom. The fourth-order valence-corrected chi connectivity index (χ4v) is 4.33. The molecule has 1 fully saturated rings. The summed E-state index contributed by atoms with van der Waals surface area (Å²) in [5.74, 6) is -0.479. The molecular weight excluding hydrogens is 482 g/mol. The molecule has 0 unspecified atom stereocenters. The van der Waals surface area contributed by atoms with Crippen molar-refractivity contribution in [1.29, 1.82) is 0 Å². The molecular formula is C26H28F2N6O3. The molecule has 194 valence electrons. The van der Waals surface area contributed by atoms with Crippen molar-refractivity contribution in [3.63, 3.8) is 0 Å². The van der Waals surface area contributed by atoms with Crippen molar-refractivity contribution in [1.82, 2.24) is 19.8 Å². The lowest BCUT2D eigenvalue weighted by Crippen LogP contribution is -2.45. The largest absolute Gasteiger partial charge is 0.497 e. The van der Waals surface area contributed by atoms with Gasteiger partial charge in [0, 0.05) is 57.0 Å². The topological polar surface area (TPSA) is 83.1 Å². The number of carbonyl (C=O) groups is 1. The summed E-state index contributed by atoms with van der Waals surface area (Å²) >= 11 is 0. The van der Waals surface area contributed by atoms with Crippen LogP contribution in [0.4, 0.5) is 25.2 Å². The SMILES string of the molecule is COc1cccc(NC(=O)N2CCc3nc(N4CCN(C)CC4)nc(Oc4ccc(F)c(F)c4)c3C2)c1.